The average molecular weight is 374 g/mol. The van der Waals surface area contributed by atoms with Gasteiger partial charge in [0.1, 0.15) is 17.2 Å². The number of aromatic hydroxyl groups is 1. The lowest BCUT2D eigenvalue weighted by Gasteiger charge is -2.25. The fourth-order valence-electron chi connectivity index (χ4n) is 5.07. The van der Waals surface area contributed by atoms with Gasteiger partial charge in [-0.1, -0.05) is 49.4 Å². The fraction of sp³-hybridized carbons (Fsp3) is 0.292. The lowest BCUT2D eigenvalue weighted by molar-refractivity contribution is 0.151. The first kappa shape index (κ1) is 17.1. The van der Waals surface area contributed by atoms with E-state index in [9.17, 15) is 9.90 Å². The Morgan fingerprint density at radius 3 is 2.46 bits per heavy atom. The van der Waals surface area contributed by atoms with Crippen molar-refractivity contribution in [3.8, 4) is 17.2 Å². The van der Waals surface area contributed by atoms with Crippen molar-refractivity contribution in [1.29, 1.82) is 0 Å². The summed E-state index contributed by atoms with van der Waals surface area (Å²) in [6, 6.07) is 14.9. The molecule has 0 radical (unpaired) electrons. The SMILES string of the molecule is Cc1ccccc1OC(=O)Oc1c2c(c(O)c3ccccc13)C1CC2CC1C. The van der Waals surface area contributed by atoms with Crippen molar-refractivity contribution in [2.45, 2.75) is 38.5 Å². The maximum absolute atomic E-state index is 12.6. The van der Waals surface area contributed by atoms with Crippen molar-refractivity contribution in [2.24, 2.45) is 5.92 Å². The molecule has 1 saturated carbocycles. The van der Waals surface area contributed by atoms with Crippen molar-refractivity contribution in [3.63, 3.8) is 0 Å². The molecule has 0 amide bonds. The number of phenolic OH excluding ortho intramolecular Hbond substituents is 1. The summed E-state index contributed by atoms with van der Waals surface area (Å²) in [6.45, 7) is 4.12. The third kappa shape index (κ3) is 2.48. The molecule has 4 heteroatoms. The summed E-state index contributed by atoms with van der Waals surface area (Å²) in [6.07, 6.45) is 1.31. The molecule has 1 N–H and O–H groups in total. The van der Waals surface area contributed by atoms with Crippen LogP contribution in [0.2, 0.25) is 0 Å². The van der Waals surface area contributed by atoms with Crippen LogP contribution in [0.4, 0.5) is 4.79 Å². The zero-order valence-corrected chi connectivity index (χ0v) is 15.9. The highest BCUT2D eigenvalue weighted by molar-refractivity contribution is 5.98. The van der Waals surface area contributed by atoms with Crippen LogP contribution in [0, 0.1) is 12.8 Å². The van der Waals surface area contributed by atoms with Gasteiger partial charge in [-0.15, -0.1) is 0 Å². The number of aryl methyl sites for hydroxylation is 1. The molecule has 2 bridgehead atoms. The third-order valence-corrected chi connectivity index (χ3v) is 6.35. The standard InChI is InChI=1S/C24H22O4/c1-13-7-3-6-10-19(13)27-24(26)28-23-17-9-5-4-8-16(17)22(25)21-18-12-15(20(21)23)11-14(18)2/h3-10,14-15,18,25H,11-12H2,1-2H3. The molecule has 28 heavy (non-hydrogen) atoms. The lowest BCUT2D eigenvalue weighted by Crippen LogP contribution is -2.17. The van der Waals surface area contributed by atoms with Crippen LogP contribution in [0.3, 0.4) is 0 Å². The predicted molar refractivity (Wildman–Crippen MR) is 107 cm³/mol. The second-order valence-corrected chi connectivity index (χ2v) is 8.02. The fourth-order valence-corrected chi connectivity index (χ4v) is 5.07. The summed E-state index contributed by atoms with van der Waals surface area (Å²) in [5, 5.41) is 12.4. The Balaban J connectivity index is 1.60. The first-order chi connectivity index (χ1) is 13.5. The van der Waals surface area contributed by atoms with Gasteiger partial charge in [-0.05, 0) is 49.1 Å². The Kier molecular flexibility index (Phi) is 3.83. The molecule has 3 unspecified atom stereocenters. The molecular formula is C24H22O4. The molecule has 142 valence electrons. The summed E-state index contributed by atoms with van der Waals surface area (Å²) in [7, 11) is 0. The molecule has 3 atom stereocenters. The predicted octanol–water partition coefficient (Wildman–Crippen LogP) is 6.04. The molecule has 0 aromatic heterocycles. The van der Waals surface area contributed by atoms with Crippen LogP contribution in [0.5, 0.6) is 17.2 Å². The van der Waals surface area contributed by atoms with Crippen LogP contribution in [-0.2, 0) is 0 Å². The topological polar surface area (TPSA) is 55.8 Å². The highest BCUT2D eigenvalue weighted by atomic mass is 16.7. The van der Waals surface area contributed by atoms with Crippen LogP contribution >= 0.6 is 0 Å². The van der Waals surface area contributed by atoms with E-state index in [1.165, 1.54) is 0 Å². The van der Waals surface area contributed by atoms with Gasteiger partial charge in [0.15, 0.2) is 0 Å². The van der Waals surface area contributed by atoms with Gasteiger partial charge in [0.25, 0.3) is 0 Å². The zero-order valence-electron chi connectivity index (χ0n) is 15.9. The minimum absolute atomic E-state index is 0.312. The lowest BCUT2D eigenvalue weighted by atomic mass is 9.82. The normalized spacial score (nSPS) is 22.3. The van der Waals surface area contributed by atoms with Crippen LogP contribution in [-0.4, -0.2) is 11.3 Å². The van der Waals surface area contributed by atoms with Gasteiger partial charge in [-0.25, -0.2) is 4.79 Å². The van der Waals surface area contributed by atoms with Crippen LogP contribution in [0.1, 0.15) is 48.3 Å². The van der Waals surface area contributed by atoms with E-state index in [0.717, 1.165) is 40.3 Å². The van der Waals surface area contributed by atoms with E-state index in [2.05, 4.69) is 6.92 Å². The Hall–Kier alpha value is -3.01. The average Bonchev–Trinajstić information content (AvgIpc) is 3.24. The van der Waals surface area contributed by atoms with Crippen LogP contribution < -0.4 is 9.47 Å². The van der Waals surface area contributed by atoms with Crippen molar-refractivity contribution >= 4 is 16.9 Å². The summed E-state index contributed by atoms with van der Waals surface area (Å²) >= 11 is 0. The number of fused-ring (bicyclic) bond motifs is 6. The largest absolute Gasteiger partial charge is 0.519 e. The molecule has 3 aromatic carbocycles. The molecule has 3 aromatic rings. The molecule has 5 rings (SSSR count). The van der Waals surface area contributed by atoms with E-state index in [1.54, 1.807) is 6.07 Å². The molecule has 0 spiro atoms. The van der Waals surface area contributed by atoms with Crippen LogP contribution in [0.15, 0.2) is 48.5 Å². The molecule has 0 saturated heterocycles. The van der Waals surface area contributed by atoms with E-state index in [1.807, 2.05) is 49.4 Å². The highest BCUT2D eigenvalue weighted by Crippen LogP contribution is 2.62. The summed E-state index contributed by atoms with van der Waals surface area (Å²) in [4.78, 5) is 12.6. The Bertz CT molecular complexity index is 1100. The van der Waals surface area contributed by atoms with E-state index in [-0.39, 0.29) is 0 Å². The van der Waals surface area contributed by atoms with E-state index in [4.69, 9.17) is 9.47 Å². The zero-order chi connectivity index (χ0) is 19.4. The first-order valence-electron chi connectivity index (χ1n) is 9.77. The Morgan fingerprint density at radius 2 is 1.68 bits per heavy atom. The first-order valence-corrected chi connectivity index (χ1v) is 9.77. The van der Waals surface area contributed by atoms with E-state index < -0.39 is 6.16 Å². The summed E-state index contributed by atoms with van der Waals surface area (Å²) < 4.78 is 11.3. The minimum Gasteiger partial charge on any atom is -0.507 e. The van der Waals surface area contributed by atoms with Crippen molar-refractivity contribution in [2.75, 3.05) is 0 Å². The number of hydrogen-bond acceptors (Lipinski definition) is 4. The van der Waals surface area contributed by atoms with E-state index in [0.29, 0.717) is 35.0 Å². The number of carbonyl (C=O) groups excluding carboxylic acids is 1. The molecule has 0 heterocycles. The van der Waals surface area contributed by atoms with Crippen molar-refractivity contribution in [1.82, 2.24) is 0 Å². The van der Waals surface area contributed by atoms with E-state index >= 15 is 0 Å². The molecule has 2 aliphatic carbocycles. The van der Waals surface area contributed by atoms with Gasteiger partial charge in [0.2, 0.25) is 0 Å². The number of para-hydroxylation sites is 1. The number of rotatable bonds is 2. The number of hydrogen-bond donors (Lipinski definition) is 1. The molecule has 4 nitrogen and oxygen atoms in total. The van der Waals surface area contributed by atoms with Gasteiger partial charge >= 0.3 is 6.16 Å². The number of ether oxygens (including phenoxy) is 2. The van der Waals surface area contributed by atoms with Crippen molar-refractivity contribution in [3.05, 3.63) is 65.2 Å². The summed E-state index contributed by atoms with van der Waals surface area (Å²) in [5.74, 6) is 2.52. The second-order valence-electron chi connectivity index (χ2n) is 8.02. The maximum atomic E-state index is 12.6. The quantitative estimate of drug-likeness (QED) is 0.439. The maximum Gasteiger partial charge on any atom is 0.519 e. The smallest absolute Gasteiger partial charge is 0.507 e. The van der Waals surface area contributed by atoms with Gasteiger partial charge in [0, 0.05) is 21.9 Å². The number of phenols is 1. The molecule has 0 aliphatic heterocycles. The number of carbonyl (C=O) groups is 1. The highest BCUT2D eigenvalue weighted by Gasteiger charge is 2.46. The van der Waals surface area contributed by atoms with Crippen LogP contribution in [0.25, 0.3) is 10.8 Å². The third-order valence-electron chi connectivity index (χ3n) is 6.35. The Labute approximate surface area is 163 Å². The summed E-state index contributed by atoms with van der Waals surface area (Å²) in [5.41, 5.74) is 2.82. The molecule has 2 aliphatic rings. The molecule has 1 fully saturated rings. The van der Waals surface area contributed by atoms with Gasteiger partial charge in [-0.2, -0.15) is 0 Å². The van der Waals surface area contributed by atoms with Gasteiger partial charge in [-0.3, -0.25) is 0 Å². The molecular weight excluding hydrogens is 352 g/mol. The number of benzene rings is 3. The minimum atomic E-state index is -0.747. The van der Waals surface area contributed by atoms with Gasteiger partial charge in [0.05, 0.1) is 0 Å². The monoisotopic (exact) mass is 374 g/mol. The van der Waals surface area contributed by atoms with Gasteiger partial charge < -0.3 is 14.6 Å². The van der Waals surface area contributed by atoms with Crippen molar-refractivity contribution < 1.29 is 19.4 Å². The Morgan fingerprint density at radius 1 is 0.964 bits per heavy atom. The second kappa shape index (κ2) is 6.26.